The Bertz CT molecular complexity index is 508. The molecule has 0 amide bonds. The predicted molar refractivity (Wildman–Crippen MR) is 69.0 cm³/mol. The summed E-state index contributed by atoms with van der Waals surface area (Å²) in [5.41, 5.74) is 6.96. The van der Waals surface area contributed by atoms with Gasteiger partial charge in [-0.1, -0.05) is 0 Å². The van der Waals surface area contributed by atoms with Crippen LogP contribution >= 0.6 is 0 Å². The van der Waals surface area contributed by atoms with E-state index in [9.17, 15) is 0 Å². The van der Waals surface area contributed by atoms with Crippen LogP contribution in [0.2, 0.25) is 0 Å². The van der Waals surface area contributed by atoms with Crippen molar-refractivity contribution in [3.05, 3.63) is 24.5 Å². The number of aromatic nitrogens is 4. The first-order chi connectivity index (χ1) is 8.83. The molecular weight excluding hydrogens is 228 g/mol. The first-order valence-corrected chi connectivity index (χ1v) is 6.16. The van der Waals surface area contributed by atoms with E-state index in [4.69, 9.17) is 5.73 Å². The molecular formula is C12H16N6. The van der Waals surface area contributed by atoms with E-state index in [2.05, 4.69) is 25.1 Å². The minimum Gasteiger partial charge on any atom is -0.338 e. The van der Waals surface area contributed by atoms with Crippen molar-refractivity contribution in [1.82, 2.24) is 20.2 Å². The van der Waals surface area contributed by atoms with Crippen LogP contribution in [-0.2, 0) is 0 Å². The van der Waals surface area contributed by atoms with E-state index in [0.717, 1.165) is 43.3 Å². The maximum Gasteiger partial charge on any atom is 0.245 e. The van der Waals surface area contributed by atoms with Crippen LogP contribution in [0.4, 0.5) is 5.95 Å². The van der Waals surface area contributed by atoms with Gasteiger partial charge in [0, 0.05) is 37.1 Å². The summed E-state index contributed by atoms with van der Waals surface area (Å²) >= 11 is 0. The van der Waals surface area contributed by atoms with Crippen molar-refractivity contribution < 1.29 is 0 Å². The number of rotatable bonds is 2. The van der Waals surface area contributed by atoms with Gasteiger partial charge in [0.05, 0.1) is 0 Å². The number of piperidine rings is 1. The van der Waals surface area contributed by atoms with Crippen molar-refractivity contribution in [2.75, 3.05) is 18.0 Å². The van der Waals surface area contributed by atoms with Gasteiger partial charge in [-0.25, -0.2) is 0 Å². The average molecular weight is 244 g/mol. The van der Waals surface area contributed by atoms with Gasteiger partial charge in [0.15, 0.2) is 5.82 Å². The van der Waals surface area contributed by atoms with Gasteiger partial charge < -0.3 is 10.6 Å². The Morgan fingerprint density at radius 2 is 2.17 bits per heavy atom. The molecule has 3 rings (SSSR count). The number of hydrogen-bond acceptors (Lipinski definition) is 5. The van der Waals surface area contributed by atoms with Gasteiger partial charge in [0.1, 0.15) is 0 Å². The number of pyridine rings is 1. The van der Waals surface area contributed by atoms with E-state index in [1.54, 1.807) is 12.4 Å². The van der Waals surface area contributed by atoms with Gasteiger partial charge >= 0.3 is 0 Å². The Morgan fingerprint density at radius 3 is 2.94 bits per heavy atom. The number of hydrogen-bond donors (Lipinski definition) is 2. The average Bonchev–Trinajstić information content (AvgIpc) is 2.89. The smallest absolute Gasteiger partial charge is 0.245 e. The van der Waals surface area contributed by atoms with Gasteiger partial charge in [-0.3, -0.25) is 10.1 Å². The van der Waals surface area contributed by atoms with Crippen LogP contribution in [0.15, 0.2) is 24.5 Å². The molecule has 0 aliphatic carbocycles. The van der Waals surface area contributed by atoms with Crippen LogP contribution < -0.4 is 10.6 Å². The Labute approximate surface area is 105 Å². The molecule has 0 saturated carbocycles. The zero-order valence-corrected chi connectivity index (χ0v) is 10.1. The zero-order valence-electron chi connectivity index (χ0n) is 10.1. The van der Waals surface area contributed by atoms with Crippen LogP contribution in [0.1, 0.15) is 12.8 Å². The molecule has 1 atom stereocenters. The van der Waals surface area contributed by atoms with Crippen molar-refractivity contribution in [2.24, 2.45) is 5.73 Å². The molecule has 3 N–H and O–H groups in total. The first-order valence-electron chi connectivity index (χ1n) is 6.16. The second kappa shape index (κ2) is 4.73. The van der Waals surface area contributed by atoms with E-state index >= 15 is 0 Å². The molecule has 0 radical (unpaired) electrons. The molecule has 6 heteroatoms. The summed E-state index contributed by atoms with van der Waals surface area (Å²) in [6.45, 7) is 1.80. The van der Waals surface area contributed by atoms with Crippen LogP contribution in [0.3, 0.4) is 0 Å². The quantitative estimate of drug-likeness (QED) is 0.816. The molecule has 1 aliphatic heterocycles. The normalized spacial score (nSPS) is 20.1. The molecule has 1 saturated heterocycles. The SMILES string of the molecule is NC1CCCN(c2n[nH]c(-c3ccncc3)n2)C1. The summed E-state index contributed by atoms with van der Waals surface area (Å²) in [6.07, 6.45) is 5.67. The van der Waals surface area contributed by atoms with Crippen LogP contribution in [0, 0.1) is 0 Å². The summed E-state index contributed by atoms with van der Waals surface area (Å²) in [7, 11) is 0. The summed E-state index contributed by atoms with van der Waals surface area (Å²) < 4.78 is 0. The summed E-state index contributed by atoms with van der Waals surface area (Å²) in [6, 6.07) is 4.04. The molecule has 2 aromatic rings. The second-order valence-electron chi connectivity index (χ2n) is 4.57. The van der Waals surface area contributed by atoms with Gasteiger partial charge in [-0.2, -0.15) is 4.98 Å². The highest BCUT2D eigenvalue weighted by Crippen LogP contribution is 2.19. The van der Waals surface area contributed by atoms with Crippen molar-refractivity contribution >= 4 is 5.95 Å². The second-order valence-corrected chi connectivity index (χ2v) is 4.57. The number of aromatic amines is 1. The molecule has 0 bridgehead atoms. The number of nitrogens with zero attached hydrogens (tertiary/aromatic N) is 4. The fourth-order valence-corrected chi connectivity index (χ4v) is 2.22. The maximum absolute atomic E-state index is 5.96. The first kappa shape index (κ1) is 11.2. The molecule has 3 heterocycles. The van der Waals surface area contributed by atoms with Crippen molar-refractivity contribution in [3.8, 4) is 11.4 Å². The van der Waals surface area contributed by atoms with Gasteiger partial charge in [-0.05, 0) is 25.0 Å². The monoisotopic (exact) mass is 244 g/mol. The predicted octanol–water partition coefficient (Wildman–Crippen LogP) is 0.794. The molecule has 0 spiro atoms. The minimum atomic E-state index is 0.224. The molecule has 1 unspecified atom stereocenters. The van der Waals surface area contributed by atoms with Crippen LogP contribution in [0.25, 0.3) is 11.4 Å². The minimum absolute atomic E-state index is 0.224. The Balaban J connectivity index is 1.81. The van der Waals surface area contributed by atoms with Crippen molar-refractivity contribution in [3.63, 3.8) is 0 Å². The number of anilines is 1. The van der Waals surface area contributed by atoms with E-state index in [0.29, 0.717) is 0 Å². The number of H-pyrrole nitrogens is 1. The summed E-state index contributed by atoms with van der Waals surface area (Å²) in [5.74, 6) is 1.50. The third kappa shape index (κ3) is 2.19. The van der Waals surface area contributed by atoms with Crippen molar-refractivity contribution in [2.45, 2.75) is 18.9 Å². The highest BCUT2D eigenvalue weighted by Gasteiger charge is 2.20. The van der Waals surface area contributed by atoms with Crippen LogP contribution in [0.5, 0.6) is 0 Å². The van der Waals surface area contributed by atoms with E-state index < -0.39 is 0 Å². The van der Waals surface area contributed by atoms with Gasteiger partial charge in [0.25, 0.3) is 0 Å². The standard InChI is InChI=1S/C12H16N6/c13-10-2-1-7-18(8-10)12-15-11(16-17-12)9-3-5-14-6-4-9/h3-6,10H,1-2,7-8,13H2,(H,15,16,17). The third-order valence-electron chi connectivity index (χ3n) is 3.17. The molecule has 1 aliphatic rings. The zero-order chi connectivity index (χ0) is 12.4. The largest absolute Gasteiger partial charge is 0.338 e. The molecule has 0 aromatic carbocycles. The highest BCUT2D eigenvalue weighted by atomic mass is 15.4. The van der Waals surface area contributed by atoms with Gasteiger partial charge in [-0.15, -0.1) is 5.10 Å². The number of nitrogens with one attached hydrogen (secondary N) is 1. The fourth-order valence-electron chi connectivity index (χ4n) is 2.22. The van der Waals surface area contributed by atoms with E-state index in [1.165, 1.54) is 0 Å². The lowest BCUT2D eigenvalue weighted by atomic mass is 10.1. The maximum atomic E-state index is 5.96. The van der Waals surface area contributed by atoms with Crippen molar-refractivity contribution in [1.29, 1.82) is 0 Å². The lowest BCUT2D eigenvalue weighted by Gasteiger charge is -2.29. The van der Waals surface area contributed by atoms with E-state index in [-0.39, 0.29) is 6.04 Å². The topological polar surface area (TPSA) is 83.7 Å². The third-order valence-corrected chi connectivity index (χ3v) is 3.17. The Hall–Kier alpha value is -1.95. The molecule has 2 aromatic heterocycles. The molecule has 94 valence electrons. The molecule has 18 heavy (non-hydrogen) atoms. The van der Waals surface area contributed by atoms with Crippen LogP contribution in [-0.4, -0.2) is 39.3 Å². The molecule has 1 fully saturated rings. The van der Waals surface area contributed by atoms with Gasteiger partial charge in [0.2, 0.25) is 5.95 Å². The summed E-state index contributed by atoms with van der Waals surface area (Å²) in [5, 5.41) is 7.23. The molecule has 6 nitrogen and oxygen atoms in total. The Kier molecular flexibility index (Phi) is 2.93. The summed E-state index contributed by atoms with van der Waals surface area (Å²) in [4.78, 5) is 10.6. The lowest BCUT2D eigenvalue weighted by Crippen LogP contribution is -2.43. The number of nitrogens with two attached hydrogens (primary N) is 1. The Morgan fingerprint density at radius 1 is 1.33 bits per heavy atom. The lowest BCUT2D eigenvalue weighted by molar-refractivity contribution is 0.500. The van der Waals surface area contributed by atoms with E-state index in [1.807, 2.05) is 12.1 Å². The fraction of sp³-hybridized carbons (Fsp3) is 0.417. The highest BCUT2D eigenvalue weighted by molar-refractivity contribution is 5.55.